The summed E-state index contributed by atoms with van der Waals surface area (Å²) in [5.41, 5.74) is 2.24. The molecule has 130 valence electrons. The predicted octanol–water partition coefficient (Wildman–Crippen LogP) is 4.61. The number of ether oxygens (including phenoxy) is 3. The maximum absolute atomic E-state index is 6.10. The summed E-state index contributed by atoms with van der Waals surface area (Å²) in [7, 11) is 4.84. The van der Waals surface area contributed by atoms with Crippen molar-refractivity contribution in [2.45, 2.75) is 25.9 Å². The third-order valence-electron chi connectivity index (χ3n) is 3.94. The van der Waals surface area contributed by atoms with Crippen molar-refractivity contribution in [3.8, 4) is 17.2 Å². The standard InChI is InChI=1S/C19H24ClNO3/c1-5-16(14-7-6-8-15(20)11-14)21-12-13-9-17(22-2)19(24-4)18(10-13)23-3/h6-11,16,21H,5,12H2,1-4H3. The molecule has 0 aliphatic carbocycles. The lowest BCUT2D eigenvalue weighted by Gasteiger charge is -2.19. The SMILES string of the molecule is CCC(NCc1cc(OC)c(OC)c(OC)c1)c1cccc(Cl)c1. The van der Waals surface area contributed by atoms with Gasteiger partial charge >= 0.3 is 0 Å². The quantitative estimate of drug-likeness (QED) is 0.755. The van der Waals surface area contributed by atoms with Crippen molar-refractivity contribution in [2.24, 2.45) is 0 Å². The van der Waals surface area contributed by atoms with Crippen LogP contribution in [-0.2, 0) is 6.54 Å². The van der Waals surface area contributed by atoms with Crippen LogP contribution in [0, 0.1) is 0 Å². The topological polar surface area (TPSA) is 39.7 Å². The van der Waals surface area contributed by atoms with Crippen LogP contribution < -0.4 is 19.5 Å². The molecule has 4 nitrogen and oxygen atoms in total. The number of halogens is 1. The third kappa shape index (κ3) is 4.34. The van der Waals surface area contributed by atoms with Gasteiger partial charge in [-0.05, 0) is 41.8 Å². The first-order valence-corrected chi connectivity index (χ1v) is 8.28. The first-order chi connectivity index (χ1) is 11.6. The summed E-state index contributed by atoms with van der Waals surface area (Å²) >= 11 is 6.10. The summed E-state index contributed by atoms with van der Waals surface area (Å²) in [6, 6.07) is 12.1. The molecule has 0 aromatic heterocycles. The van der Waals surface area contributed by atoms with E-state index in [1.54, 1.807) is 21.3 Å². The zero-order valence-corrected chi connectivity index (χ0v) is 15.3. The van der Waals surface area contributed by atoms with Gasteiger partial charge in [0, 0.05) is 17.6 Å². The van der Waals surface area contributed by atoms with Gasteiger partial charge < -0.3 is 19.5 Å². The number of rotatable bonds is 8. The van der Waals surface area contributed by atoms with E-state index in [1.807, 2.05) is 30.3 Å². The van der Waals surface area contributed by atoms with Gasteiger partial charge in [-0.3, -0.25) is 0 Å². The maximum atomic E-state index is 6.10. The van der Waals surface area contributed by atoms with Crippen LogP contribution >= 0.6 is 11.6 Å². The van der Waals surface area contributed by atoms with Gasteiger partial charge in [0.1, 0.15) is 0 Å². The molecular weight excluding hydrogens is 326 g/mol. The molecule has 0 heterocycles. The molecule has 0 aliphatic heterocycles. The van der Waals surface area contributed by atoms with E-state index in [-0.39, 0.29) is 6.04 Å². The zero-order valence-electron chi connectivity index (χ0n) is 14.6. The second-order valence-electron chi connectivity index (χ2n) is 5.43. The van der Waals surface area contributed by atoms with Crippen molar-refractivity contribution in [3.05, 3.63) is 52.5 Å². The monoisotopic (exact) mass is 349 g/mol. The van der Waals surface area contributed by atoms with Crippen LogP contribution in [0.3, 0.4) is 0 Å². The van der Waals surface area contributed by atoms with Crippen LogP contribution in [-0.4, -0.2) is 21.3 Å². The number of benzene rings is 2. The Bertz CT molecular complexity index is 650. The van der Waals surface area contributed by atoms with Gasteiger partial charge in [0.15, 0.2) is 11.5 Å². The van der Waals surface area contributed by atoms with Crippen molar-refractivity contribution in [3.63, 3.8) is 0 Å². The fraction of sp³-hybridized carbons (Fsp3) is 0.368. The molecular formula is C19H24ClNO3. The Morgan fingerprint density at radius 2 is 1.67 bits per heavy atom. The van der Waals surface area contributed by atoms with E-state index < -0.39 is 0 Å². The second kappa shape index (κ2) is 8.81. The van der Waals surface area contributed by atoms with E-state index in [2.05, 4.69) is 18.3 Å². The van der Waals surface area contributed by atoms with Gasteiger partial charge in [-0.25, -0.2) is 0 Å². The summed E-state index contributed by atoms with van der Waals surface area (Å²) in [6.07, 6.45) is 0.963. The molecule has 2 rings (SSSR count). The van der Waals surface area contributed by atoms with E-state index in [1.165, 1.54) is 5.56 Å². The molecule has 0 aliphatic rings. The summed E-state index contributed by atoms with van der Waals surface area (Å²) in [4.78, 5) is 0. The lowest BCUT2D eigenvalue weighted by molar-refractivity contribution is 0.323. The Kier molecular flexibility index (Phi) is 6.76. The van der Waals surface area contributed by atoms with E-state index in [0.717, 1.165) is 17.0 Å². The van der Waals surface area contributed by atoms with Gasteiger partial charge in [0.25, 0.3) is 0 Å². The summed E-state index contributed by atoms with van der Waals surface area (Å²) < 4.78 is 16.2. The van der Waals surface area contributed by atoms with Crippen molar-refractivity contribution in [1.29, 1.82) is 0 Å². The van der Waals surface area contributed by atoms with Crippen molar-refractivity contribution < 1.29 is 14.2 Å². The van der Waals surface area contributed by atoms with Crippen molar-refractivity contribution in [2.75, 3.05) is 21.3 Å². The average molecular weight is 350 g/mol. The Balaban J connectivity index is 2.18. The highest BCUT2D eigenvalue weighted by atomic mass is 35.5. The molecule has 0 bridgehead atoms. The highest BCUT2D eigenvalue weighted by Crippen LogP contribution is 2.38. The minimum absolute atomic E-state index is 0.225. The van der Waals surface area contributed by atoms with Crippen LogP contribution in [0.25, 0.3) is 0 Å². The van der Waals surface area contributed by atoms with Crippen molar-refractivity contribution >= 4 is 11.6 Å². The van der Waals surface area contributed by atoms with Gasteiger partial charge in [-0.1, -0.05) is 30.7 Å². The molecule has 1 atom stereocenters. The highest BCUT2D eigenvalue weighted by Gasteiger charge is 2.14. The summed E-state index contributed by atoms with van der Waals surface area (Å²) in [6.45, 7) is 2.83. The molecule has 1 unspecified atom stereocenters. The third-order valence-corrected chi connectivity index (χ3v) is 4.17. The lowest BCUT2D eigenvalue weighted by Crippen LogP contribution is -2.20. The molecule has 2 aromatic rings. The smallest absolute Gasteiger partial charge is 0.203 e. The Morgan fingerprint density at radius 3 is 2.17 bits per heavy atom. The number of methoxy groups -OCH3 is 3. The summed E-state index contributed by atoms with van der Waals surface area (Å²) in [5, 5.41) is 4.31. The molecule has 0 amide bonds. The van der Waals surface area contributed by atoms with Crippen LogP contribution in [0.4, 0.5) is 0 Å². The predicted molar refractivity (Wildman–Crippen MR) is 97.4 cm³/mol. The Hall–Kier alpha value is -1.91. The first-order valence-electron chi connectivity index (χ1n) is 7.90. The fourth-order valence-corrected chi connectivity index (χ4v) is 2.90. The van der Waals surface area contributed by atoms with Crippen LogP contribution in [0.1, 0.15) is 30.5 Å². The zero-order chi connectivity index (χ0) is 17.5. The average Bonchev–Trinajstić information content (AvgIpc) is 2.61. The van der Waals surface area contributed by atoms with Gasteiger partial charge in [-0.2, -0.15) is 0 Å². The molecule has 24 heavy (non-hydrogen) atoms. The largest absolute Gasteiger partial charge is 0.493 e. The molecule has 5 heteroatoms. The van der Waals surface area contributed by atoms with E-state index in [4.69, 9.17) is 25.8 Å². The van der Waals surface area contributed by atoms with Crippen LogP contribution in [0.2, 0.25) is 5.02 Å². The molecule has 0 saturated carbocycles. The lowest BCUT2D eigenvalue weighted by atomic mass is 10.0. The maximum Gasteiger partial charge on any atom is 0.203 e. The fourth-order valence-electron chi connectivity index (χ4n) is 2.70. The normalized spacial score (nSPS) is 11.9. The van der Waals surface area contributed by atoms with Crippen LogP contribution in [0.5, 0.6) is 17.2 Å². The van der Waals surface area contributed by atoms with E-state index >= 15 is 0 Å². The Labute approximate surface area is 148 Å². The summed E-state index contributed by atoms with van der Waals surface area (Å²) in [5.74, 6) is 1.92. The number of hydrogen-bond donors (Lipinski definition) is 1. The van der Waals surface area contributed by atoms with Gasteiger partial charge in [-0.15, -0.1) is 0 Å². The molecule has 0 saturated heterocycles. The molecule has 0 spiro atoms. The minimum atomic E-state index is 0.225. The molecule has 2 aromatic carbocycles. The molecule has 0 fully saturated rings. The van der Waals surface area contributed by atoms with Crippen LogP contribution in [0.15, 0.2) is 36.4 Å². The van der Waals surface area contributed by atoms with E-state index in [0.29, 0.717) is 23.8 Å². The van der Waals surface area contributed by atoms with Crippen molar-refractivity contribution in [1.82, 2.24) is 5.32 Å². The number of hydrogen-bond acceptors (Lipinski definition) is 4. The van der Waals surface area contributed by atoms with E-state index in [9.17, 15) is 0 Å². The molecule has 0 radical (unpaired) electrons. The number of nitrogens with one attached hydrogen (secondary N) is 1. The Morgan fingerprint density at radius 1 is 1.00 bits per heavy atom. The molecule has 1 N–H and O–H groups in total. The second-order valence-corrected chi connectivity index (χ2v) is 5.87. The minimum Gasteiger partial charge on any atom is -0.493 e. The van der Waals surface area contributed by atoms with Gasteiger partial charge in [0.2, 0.25) is 5.75 Å². The highest BCUT2D eigenvalue weighted by molar-refractivity contribution is 6.30. The van der Waals surface area contributed by atoms with Gasteiger partial charge in [0.05, 0.1) is 21.3 Å². The first kappa shape index (κ1) is 18.4.